The summed E-state index contributed by atoms with van der Waals surface area (Å²) in [4.78, 5) is 0. The van der Waals surface area contributed by atoms with Crippen molar-refractivity contribution >= 4 is 15.9 Å². The molecular formula is C12H9F5O4S. The Bertz CT molecular complexity index is 692. The lowest BCUT2D eigenvalue weighted by molar-refractivity contribution is -0.0511. The summed E-state index contributed by atoms with van der Waals surface area (Å²) in [5.41, 5.74) is -8.06. The normalized spacial score (nSPS) is 17.2. The van der Waals surface area contributed by atoms with Crippen LogP contribution in [0.1, 0.15) is 5.56 Å². The first-order valence-corrected chi connectivity index (χ1v) is 7.19. The van der Waals surface area contributed by atoms with Crippen molar-refractivity contribution < 1.29 is 39.3 Å². The highest BCUT2D eigenvalue weighted by Gasteiger charge is 2.50. The molecule has 10 heteroatoms. The molecular weight excluding hydrogens is 335 g/mol. The summed E-state index contributed by atoms with van der Waals surface area (Å²) in [5.74, 6) is -1.03. The quantitative estimate of drug-likeness (QED) is 0.479. The van der Waals surface area contributed by atoms with E-state index in [-0.39, 0.29) is 11.3 Å². The third-order valence-electron chi connectivity index (χ3n) is 2.80. The van der Waals surface area contributed by atoms with E-state index in [1.54, 1.807) is 0 Å². The molecule has 0 N–H and O–H groups in total. The van der Waals surface area contributed by atoms with E-state index < -0.39 is 40.3 Å². The average molecular weight is 344 g/mol. The minimum absolute atomic E-state index is 0.159. The van der Waals surface area contributed by atoms with E-state index in [9.17, 15) is 30.4 Å². The maximum absolute atomic E-state index is 13.0. The summed E-state index contributed by atoms with van der Waals surface area (Å²) in [6.07, 6.45) is 0.554. The van der Waals surface area contributed by atoms with Crippen molar-refractivity contribution in [3.63, 3.8) is 0 Å². The van der Waals surface area contributed by atoms with Crippen LogP contribution in [0.25, 0.3) is 5.76 Å². The molecule has 22 heavy (non-hydrogen) atoms. The van der Waals surface area contributed by atoms with Crippen LogP contribution in [-0.2, 0) is 14.3 Å². The van der Waals surface area contributed by atoms with Crippen LogP contribution in [0.3, 0.4) is 0 Å². The van der Waals surface area contributed by atoms with Gasteiger partial charge in [-0.3, -0.25) is 0 Å². The van der Waals surface area contributed by atoms with E-state index in [0.29, 0.717) is 6.08 Å². The van der Waals surface area contributed by atoms with Gasteiger partial charge in [0.25, 0.3) is 0 Å². The Balaban J connectivity index is 2.53. The molecule has 0 amide bonds. The summed E-state index contributed by atoms with van der Waals surface area (Å²) in [7, 11) is -5.98. The van der Waals surface area contributed by atoms with Gasteiger partial charge in [-0.05, 0) is 12.1 Å². The molecule has 0 aromatic heterocycles. The van der Waals surface area contributed by atoms with Crippen LogP contribution in [0.2, 0.25) is 0 Å². The van der Waals surface area contributed by atoms with Crippen LogP contribution in [0, 0.1) is 0 Å². The molecule has 0 fully saturated rings. The van der Waals surface area contributed by atoms with Crippen molar-refractivity contribution in [2.45, 2.75) is 11.1 Å². The zero-order valence-corrected chi connectivity index (χ0v) is 11.5. The van der Waals surface area contributed by atoms with Crippen LogP contribution >= 0.6 is 0 Å². The van der Waals surface area contributed by atoms with Gasteiger partial charge in [0, 0.05) is 6.08 Å². The van der Waals surface area contributed by atoms with Gasteiger partial charge in [0.15, 0.2) is 11.4 Å². The predicted octanol–water partition coefficient (Wildman–Crippen LogP) is 2.96. The van der Waals surface area contributed by atoms with Crippen LogP contribution in [0.4, 0.5) is 22.0 Å². The second-order valence-corrected chi connectivity index (χ2v) is 5.96. The summed E-state index contributed by atoms with van der Waals surface area (Å²) in [6.45, 7) is -2.84. The molecule has 0 unspecified atom stereocenters. The number of hydrogen-bond donors (Lipinski definition) is 0. The maximum atomic E-state index is 13.0. The SMILES string of the molecule is O=S(=O)(OC1=CC(CF)(CF)Oc2ccccc21)C(F)(F)F. The van der Waals surface area contributed by atoms with E-state index >= 15 is 0 Å². The van der Waals surface area contributed by atoms with E-state index in [4.69, 9.17) is 4.74 Å². The fourth-order valence-corrected chi connectivity index (χ4v) is 2.19. The van der Waals surface area contributed by atoms with Crippen LogP contribution in [0.15, 0.2) is 30.3 Å². The van der Waals surface area contributed by atoms with Crippen molar-refractivity contribution in [3.05, 3.63) is 35.9 Å². The van der Waals surface area contributed by atoms with Gasteiger partial charge in [0.2, 0.25) is 0 Å². The molecule has 2 rings (SSSR count). The molecule has 1 aromatic carbocycles. The standard InChI is InChI=1S/C12H9F5O4S/c13-6-11(7-14)5-10(21-22(18,19)12(15,16)17)8-3-1-2-4-9(8)20-11/h1-5H,6-7H2. The summed E-state index contributed by atoms with van der Waals surface area (Å²) in [5, 5.41) is 0. The first-order valence-electron chi connectivity index (χ1n) is 5.78. The number of ether oxygens (including phenoxy) is 1. The van der Waals surface area contributed by atoms with Crippen molar-refractivity contribution in [1.82, 2.24) is 0 Å². The van der Waals surface area contributed by atoms with Gasteiger partial charge in [-0.25, -0.2) is 8.78 Å². The number of benzene rings is 1. The predicted molar refractivity (Wildman–Crippen MR) is 65.8 cm³/mol. The van der Waals surface area contributed by atoms with Gasteiger partial charge in [-0.2, -0.15) is 21.6 Å². The largest absolute Gasteiger partial charge is 0.534 e. The highest BCUT2D eigenvalue weighted by molar-refractivity contribution is 7.87. The zero-order chi connectivity index (χ0) is 16.6. The number of para-hydroxylation sites is 1. The lowest BCUT2D eigenvalue weighted by Crippen LogP contribution is -2.41. The number of rotatable bonds is 4. The molecule has 0 saturated carbocycles. The molecule has 1 aromatic rings. The minimum Gasteiger partial charge on any atom is -0.477 e. The Morgan fingerprint density at radius 3 is 2.27 bits per heavy atom. The highest BCUT2D eigenvalue weighted by atomic mass is 32.2. The Kier molecular flexibility index (Phi) is 4.07. The second kappa shape index (κ2) is 5.41. The summed E-state index contributed by atoms with van der Waals surface area (Å²) in [6, 6.07) is 5.21. The third-order valence-corrected chi connectivity index (χ3v) is 3.76. The molecule has 1 aliphatic rings. The molecule has 0 aliphatic carbocycles. The zero-order valence-electron chi connectivity index (χ0n) is 10.7. The highest BCUT2D eigenvalue weighted by Crippen LogP contribution is 2.39. The Hall–Kier alpha value is -1.84. The Morgan fingerprint density at radius 2 is 1.73 bits per heavy atom. The van der Waals surface area contributed by atoms with Gasteiger partial charge in [-0.1, -0.05) is 12.1 Å². The van der Waals surface area contributed by atoms with Crippen LogP contribution in [0.5, 0.6) is 5.75 Å². The lowest BCUT2D eigenvalue weighted by Gasteiger charge is -2.32. The number of fused-ring (bicyclic) bond motifs is 1. The first-order chi connectivity index (χ1) is 10.1. The number of hydrogen-bond acceptors (Lipinski definition) is 4. The fraction of sp³-hybridized carbons (Fsp3) is 0.333. The van der Waals surface area contributed by atoms with Gasteiger partial charge in [-0.15, -0.1) is 0 Å². The number of alkyl halides is 5. The summed E-state index contributed by atoms with van der Waals surface area (Å²) < 4.78 is 94.6. The molecule has 0 bridgehead atoms. The monoisotopic (exact) mass is 344 g/mol. The average Bonchev–Trinajstić information content (AvgIpc) is 2.45. The van der Waals surface area contributed by atoms with Crippen LogP contribution in [-0.4, -0.2) is 32.9 Å². The fourth-order valence-electron chi connectivity index (χ4n) is 1.73. The Morgan fingerprint density at radius 1 is 1.14 bits per heavy atom. The molecule has 122 valence electrons. The van der Waals surface area contributed by atoms with Gasteiger partial charge in [0.05, 0.1) is 5.56 Å². The van der Waals surface area contributed by atoms with Crippen molar-refractivity contribution in [2.75, 3.05) is 13.3 Å². The van der Waals surface area contributed by atoms with Gasteiger partial charge >= 0.3 is 15.6 Å². The van der Waals surface area contributed by atoms with Gasteiger partial charge < -0.3 is 8.92 Å². The molecule has 0 radical (unpaired) electrons. The molecule has 0 atom stereocenters. The molecule has 1 heterocycles. The minimum atomic E-state index is -5.98. The van der Waals surface area contributed by atoms with Gasteiger partial charge in [0.1, 0.15) is 19.1 Å². The molecule has 0 spiro atoms. The van der Waals surface area contributed by atoms with Crippen molar-refractivity contribution in [2.24, 2.45) is 0 Å². The topological polar surface area (TPSA) is 52.6 Å². The van der Waals surface area contributed by atoms with E-state index in [1.807, 2.05) is 0 Å². The molecule has 0 saturated heterocycles. The second-order valence-electron chi connectivity index (χ2n) is 4.42. The third kappa shape index (κ3) is 2.87. The van der Waals surface area contributed by atoms with Crippen molar-refractivity contribution in [1.29, 1.82) is 0 Å². The van der Waals surface area contributed by atoms with E-state index in [1.165, 1.54) is 24.3 Å². The maximum Gasteiger partial charge on any atom is 0.534 e. The number of halogens is 5. The smallest absolute Gasteiger partial charge is 0.477 e. The lowest BCUT2D eigenvalue weighted by atomic mass is 9.99. The molecule has 1 aliphatic heterocycles. The summed E-state index contributed by atoms with van der Waals surface area (Å²) >= 11 is 0. The van der Waals surface area contributed by atoms with Crippen LogP contribution < -0.4 is 4.74 Å². The first kappa shape index (κ1) is 16.5. The Labute approximate surface area is 122 Å². The molecule has 4 nitrogen and oxygen atoms in total. The van der Waals surface area contributed by atoms with Crippen molar-refractivity contribution in [3.8, 4) is 5.75 Å². The van der Waals surface area contributed by atoms with E-state index in [0.717, 1.165) is 0 Å². The van der Waals surface area contributed by atoms with E-state index in [2.05, 4.69) is 4.18 Å².